The fourth-order valence-electron chi connectivity index (χ4n) is 2.15. The maximum Gasteiger partial charge on any atom is 0.220 e. The summed E-state index contributed by atoms with van der Waals surface area (Å²) in [5, 5.41) is 12.8. The van der Waals surface area contributed by atoms with Crippen molar-refractivity contribution in [3.05, 3.63) is 12.2 Å². The number of H-pyrrole nitrogens is 1. The van der Waals surface area contributed by atoms with Crippen LogP contribution < -0.4 is 10.6 Å². The van der Waals surface area contributed by atoms with Crippen molar-refractivity contribution in [3.8, 4) is 0 Å². The number of nitrogens with zero attached hydrogens (tertiary/aromatic N) is 2. The van der Waals surface area contributed by atoms with E-state index >= 15 is 0 Å². The number of rotatable bonds is 4. The number of aromatic amines is 1. The fraction of sp³-hybridized carbons (Fsp3) is 0.727. The Bertz CT molecular complexity index is 345. The highest BCUT2D eigenvalue weighted by atomic mass is 16.1. The first kappa shape index (κ1) is 12.0. The van der Waals surface area contributed by atoms with Crippen LogP contribution in [0, 0.1) is 5.92 Å². The van der Waals surface area contributed by atoms with Crippen LogP contribution in [0.25, 0.3) is 0 Å². The van der Waals surface area contributed by atoms with Gasteiger partial charge in [0, 0.05) is 6.42 Å². The summed E-state index contributed by atoms with van der Waals surface area (Å²) in [4.78, 5) is 15.8. The number of carbonyl (C=O) groups is 1. The van der Waals surface area contributed by atoms with Crippen molar-refractivity contribution >= 4 is 5.91 Å². The second-order valence-electron chi connectivity index (χ2n) is 4.58. The van der Waals surface area contributed by atoms with E-state index in [2.05, 4.69) is 25.8 Å². The molecule has 0 bridgehead atoms. The molecule has 1 aliphatic heterocycles. The zero-order valence-corrected chi connectivity index (χ0v) is 10.1. The van der Waals surface area contributed by atoms with Gasteiger partial charge in [0.1, 0.15) is 12.2 Å². The molecule has 1 saturated heterocycles. The van der Waals surface area contributed by atoms with Crippen molar-refractivity contribution in [2.75, 3.05) is 13.1 Å². The molecule has 0 radical (unpaired) electrons. The maximum absolute atomic E-state index is 11.8. The monoisotopic (exact) mass is 237 g/mol. The van der Waals surface area contributed by atoms with Gasteiger partial charge < -0.3 is 10.6 Å². The Morgan fingerprint density at radius 2 is 2.59 bits per heavy atom. The molecule has 6 heteroatoms. The standard InChI is InChI=1S/C11H19N5O/c1-8(11-13-7-14-16-11)15-10(17)5-9-3-2-4-12-6-9/h7-9,12H,2-6H2,1H3,(H,15,17)(H,13,14,16). The molecule has 1 amide bonds. The Morgan fingerprint density at radius 3 is 3.24 bits per heavy atom. The molecule has 1 aliphatic rings. The van der Waals surface area contributed by atoms with E-state index in [4.69, 9.17) is 0 Å². The first-order chi connectivity index (χ1) is 8.25. The molecule has 1 aromatic rings. The van der Waals surface area contributed by atoms with Crippen LogP contribution in [0.15, 0.2) is 6.33 Å². The lowest BCUT2D eigenvalue weighted by Crippen LogP contribution is -2.35. The number of hydrogen-bond acceptors (Lipinski definition) is 4. The van der Waals surface area contributed by atoms with Gasteiger partial charge in [-0.3, -0.25) is 9.89 Å². The summed E-state index contributed by atoms with van der Waals surface area (Å²) >= 11 is 0. The first-order valence-electron chi connectivity index (χ1n) is 6.11. The quantitative estimate of drug-likeness (QED) is 0.706. The molecule has 94 valence electrons. The number of nitrogens with one attached hydrogen (secondary N) is 3. The fourth-order valence-corrected chi connectivity index (χ4v) is 2.15. The lowest BCUT2D eigenvalue weighted by Gasteiger charge is -2.22. The zero-order chi connectivity index (χ0) is 12.1. The van der Waals surface area contributed by atoms with E-state index in [1.165, 1.54) is 6.33 Å². The normalized spacial score (nSPS) is 22.1. The van der Waals surface area contributed by atoms with E-state index in [1.807, 2.05) is 6.92 Å². The molecule has 0 aliphatic carbocycles. The van der Waals surface area contributed by atoms with Crippen molar-refractivity contribution in [2.45, 2.75) is 32.2 Å². The van der Waals surface area contributed by atoms with Crippen molar-refractivity contribution in [1.82, 2.24) is 25.8 Å². The predicted octanol–water partition coefficient (Wildman–Crippen LogP) is 0.372. The van der Waals surface area contributed by atoms with Crippen molar-refractivity contribution in [3.63, 3.8) is 0 Å². The Morgan fingerprint density at radius 1 is 1.71 bits per heavy atom. The molecule has 2 rings (SSSR count). The Hall–Kier alpha value is -1.43. The molecule has 3 N–H and O–H groups in total. The third kappa shape index (κ3) is 3.52. The first-order valence-corrected chi connectivity index (χ1v) is 6.11. The average Bonchev–Trinajstić information content (AvgIpc) is 2.83. The molecule has 0 saturated carbocycles. The molecule has 0 spiro atoms. The third-order valence-electron chi connectivity index (χ3n) is 3.09. The molecule has 2 heterocycles. The molecule has 0 aromatic carbocycles. The van der Waals surface area contributed by atoms with E-state index < -0.39 is 0 Å². The summed E-state index contributed by atoms with van der Waals surface area (Å²) in [7, 11) is 0. The average molecular weight is 237 g/mol. The number of piperidine rings is 1. The second kappa shape index (κ2) is 5.77. The van der Waals surface area contributed by atoms with E-state index in [1.54, 1.807) is 0 Å². The lowest BCUT2D eigenvalue weighted by atomic mass is 9.96. The van der Waals surface area contributed by atoms with Crippen LogP contribution in [0.3, 0.4) is 0 Å². The highest BCUT2D eigenvalue weighted by Crippen LogP contribution is 2.14. The van der Waals surface area contributed by atoms with Gasteiger partial charge in [-0.15, -0.1) is 0 Å². The van der Waals surface area contributed by atoms with Gasteiger partial charge in [-0.1, -0.05) is 0 Å². The number of aromatic nitrogens is 3. The van der Waals surface area contributed by atoms with Gasteiger partial charge in [0.15, 0.2) is 0 Å². The smallest absolute Gasteiger partial charge is 0.220 e. The Kier molecular flexibility index (Phi) is 4.08. The molecular weight excluding hydrogens is 218 g/mol. The summed E-state index contributed by atoms with van der Waals surface area (Å²) in [5.74, 6) is 1.24. The van der Waals surface area contributed by atoms with Crippen LogP contribution in [0.2, 0.25) is 0 Å². The van der Waals surface area contributed by atoms with Crippen molar-refractivity contribution in [2.24, 2.45) is 5.92 Å². The van der Waals surface area contributed by atoms with Crippen LogP contribution in [-0.2, 0) is 4.79 Å². The van der Waals surface area contributed by atoms with Crippen LogP contribution >= 0.6 is 0 Å². The van der Waals surface area contributed by atoms with E-state index in [0.717, 1.165) is 25.9 Å². The van der Waals surface area contributed by atoms with Gasteiger partial charge in [0.2, 0.25) is 5.91 Å². The zero-order valence-electron chi connectivity index (χ0n) is 10.1. The molecule has 2 unspecified atom stereocenters. The van der Waals surface area contributed by atoms with E-state index in [-0.39, 0.29) is 11.9 Å². The van der Waals surface area contributed by atoms with E-state index in [0.29, 0.717) is 18.2 Å². The third-order valence-corrected chi connectivity index (χ3v) is 3.09. The van der Waals surface area contributed by atoms with Gasteiger partial charge in [-0.05, 0) is 38.8 Å². The summed E-state index contributed by atoms with van der Waals surface area (Å²) < 4.78 is 0. The topological polar surface area (TPSA) is 82.7 Å². The second-order valence-corrected chi connectivity index (χ2v) is 4.58. The Labute approximate surface area is 101 Å². The highest BCUT2D eigenvalue weighted by Gasteiger charge is 2.18. The van der Waals surface area contributed by atoms with E-state index in [9.17, 15) is 4.79 Å². The molecule has 1 aromatic heterocycles. The van der Waals surface area contributed by atoms with Crippen LogP contribution in [0.4, 0.5) is 0 Å². The minimum Gasteiger partial charge on any atom is -0.346 e. The summed E-state index contributed by atoms with van der Waals surface area (Å²) in [5.41, 5.74) is 0. The molecule has 17 heavy (non-hydrogen) atoms. The van der Waals surface area contributed by atoms with Crippen LogP contribution in [-0.4, -0.2) is 34.2 Å². The molecule has 2 atom stereocenters. The van der Waals surface area contributed by atoms with Gasteiger partial charge in [-0.25, -0.2) is 4.98 Å². The van der Waals surface area contributed by atoms with Crippen molar-refractivity contribution in [1.29, 1.82) is 0 Å². The summed E-state index contributed by atoms with van der Waals surface area (Å²) in [6.45, 7) is 3.92. The highest BCUT2D eigenvalue weighted by molar-refractivity contribution is 5.76. The number of amides is 1. The predicted molar refractivity (Wildman–Crippen MR) is 63.2 cm³/mol. The van der Waals surface area contributed by atoms with Gasteiger partial charge in [0.25, 0.3) is 0 Å². The molecule has 1 fully saturated rings. The van der Waals surface area contributed by atoms with Gasteiger partial charge >= 0.3 is 0 Å². The van der Waals surface area contributed by atoms with Gasteiger partial charge in [-0.2, -0.15) is 5.10 Å². The minimum absolute atomic E-state index is 0.0857. The summed E-state index contributed by atoms with van der Waals surface area (Å²) in [6, 6.07) is -0.110. The largest absolute Gasteiger partial charge is 0.346 e. The van der Waals surface area contributed by atoms with Crippen LogP contribution in [0.1, 0.15) is 38.1 Å². The van der Waals surface area contributed by atoms with Crippen LogP contribution in [0.5, 0.6) is 0 Å². The van der Waals surface area contributed by atoms with Crippen molar-refractivity contribution < 1.29 is 4.79 Å². The lowest BCUT2D eigenvalue weighted by molar-refractivity contribution is -0.122. The maximum atomic E-state index is 11.8. The number of hydrogen-bond donors (Lipinski definition) is 3. The Balaban J connectivity index is 1.76. The number of carbonyl (C=O) groups excluding carboxylic acids is 1. The van der Waals surface area contributed by atoms with Gasteiger partial charge in [0.05, 0.1) is 6.04 Å². The molecular formula is C11H19N5O. The summed E-state index contributed by atoms with van der Waals surface area (Å²) in [6.07, 6.45) is 4.33. The minimum atomic E-state index is -0.110. The SMILES string of the molecule is CC(NC(=O)CC1CCCNC1)c1ncn[nH]1. The molecule has 6 nitrogen and oxygen atoms in total.